The zero-order valence-corrected chi connectivity index (χ0v) is 14.4. The van der Waals surface area contributed by atoms with Crippen LogP contribution < -0.4 is 5.73 Å². The van der Waals surface area contributed by atoms with Gasteiger partial charge in [0.1, 0.15) is 0 Å². The minimum Gasteiger partial charge on any atom is -0.329 e. The van der Waals surface area contributed by atoms with E-state index in [4.69, 9.17) is 5.73 Å². The molecule has 1 saturated heterocycles. The van der Waals surface area contributed by atoms with Gasteiger partial charge >= 0.3 is 0 Å². The second-order valence-electron chi connectivity index (χ2n) is 6.50. The fourth-order valence-electron chi connectivity index (χ4n) is 4.05. The topological polar surface area (TPSA) is 47.1 Å². The van der Waals surface area contributed by atoms with Gasteiger partial charge in [-0.05, 0) is 53.0 Å². The molecule has 1 fully saturated rings. The largest absolute Gasteiger partial charge is 0.329 e. The fraction of sp³-hybridized carbons (Fsp3) is 0.824. The molecule has 3 unspecified atom stereocenters. The van der Waals surface area contributed by atoms with Crippen molar-refractivity contribution in [2.45, 2.75) is 72.5 Å². The predicted octanol–water partition coefficient (Wildman–Crippen LogP) is 3.03. The molecule has 120 valence electrons. The number of rotatable bonds is 5. The van der Waals surface area contributed by atoms with Gasteiger partial charge < -0.3 is 5.73 Å². The van der Waals surface area contributed by atoms with E-state index >= 15 is 0 Å². The highest BCUT2D eigenvalue weighted by Crippen LogP contribution is 2.34. The summed E-state index contributed by atoms with van der Waals surface area (Å²) in [6.07, 6.45) is 3.83. The molecule has 0 aliphatic carbocycles. The van der Waals surface area contributed by atoms with E-state index in [0.717, 1.165) is 25.6 Å². The molecule has 0 amide bonds. The molecule has 0 spiro atoms. The van der Waals surface area contributed by atoms with Crippen LogP contribution in [0.5, 0.6) is 0 Å². The zero-order chi connectivity index (χ0) is 15.6. The molecule has 0 aromatic carbocycles. The Morgan fingerprint density at radius 3 is 2.57 bits per heavy atom. The molecule has 1 aliphatic heterocycles. The van der Waals surface area contributed by atoms with Crippen molar-refractivity contribution >= 4 is 0 Å². The van der Waals surface area contributed by atoms with Crippen molar-refractivity contribution in [3.8, 4) is 0 Å². The molecule has 0 radical (unpaired) electrons. The van der Waals surface area contributed by atoms with Gasteiger partial charge in [0, 0.05) is 36.4 Å². The van der Waals surface area contributed by atoms with Gasteiger partial charge in [0.05, 0.1) is 5.69 Å². The van der Waals surface area contributed by atoms with E-state index in [1.54, 1.807) is 0 Å². The van der Waals surface area contributed by atoms with Gasteiger partial charge in [0.25, 0.3) is 0 Å². The zero-order valence-electron chi connectivity index (χ0n) is 14.4. The van der Waals surface area contributed by atoms with Crippen LogP contribution in [0.4, 0.5) is 0 Å². The Hall–Kier alpha value is -0.870. The lowest BCUT2D eigenvalue weighted by Crippen LogP contribution is -2.47. The average molecular weight is 292 g/mol. The van der Waals surface area contributed by atoms with Crippen molar-refractivity contribution in [3.63, 3.8) is 0 Å². The van der Waals surface area contributed by atoms with Gasteiger partial charge in [-0.2, -0.15) is 5.10 Å². The Bertz CT molecular complexity index is 466. The standard InChI is InChI=1S/C17H32N4/c1-6-15-8-9-20(16(10-15)11-18)13(4)17-12(3)19-21(7-2)14(17)5/h13,15-16H,6-11,18H2,1-5H3. The lowest BCUT2D eigenvalue weighted by Gasteiger charge is -2.42. The van der Waals surface area contributed by atoms with Crippen molar-refractivity contribution in [1.29, 1.82) is 0 Å². The molecule has 0 saturated carbocycles. The summed E-state index contributed by atoms with van der Waals surface area (Å²) in [7, 11) is 0. The maximum Gasteiger partial charge on any atom is 0.0644 e. The highest BCUT2D eigenvalue weighted by Gasteiger charge is 2.32. The van der Waals surface area contributed by atoms with E-state index in [0.29, 0.717) is 12.1 Å². The number of hydrogen-bond donors (Lipinski definition) is 1. The molecule has 4 heteroatoms. The van der Waals surface area contributed by atoms with Gasteiger partial charge in [0.2, 0.25) is 0 Å². The number of nitrogens with two attached hydrogens (primary N) is 1. The first-order chi connectivity index (χ1) is 10.0. The van der Waals surface area contributed by atoms with Crippen molar-refractivity contribution in [2.75, 3.05) is 13.1 Å². The molecule has 4 nitrogen and oxygen atoms in total. The monoisotopic (exact) mass is 292 g/mol. The van der Waals surface area contributed by atoms with Gasteiger partial charge in [-0.25, -0.2) is 0 Å². The smallest absolute Gasteiger partial charge is 0.0644 e. The molecule has 21 heavy (non-hydrogen) atoms. The first-order valence-electron chi connectivity index (χ1n) is 8.53. The van der Waals surface area contributed by atoms with Crippen LogP contribution in [-0.2, 0) is 6.54 Å². The molecular formula is C17H32N4. The van der Waals surface area contributed by atoms with E-state index in [-0.39, 0.29) is 0 Å². The minimum absolute atomic E-state index is 0.414. The summed E-state index contributed by atoms with van der Waals surface area (Å²) in [5.74, 6) is 0.850. The molecular weight excluding hydrogens is 260 g/mol. The lowest BCUT2D eigenvalue weighted by atomic mass is 9.87. The maximum absolute atomic E-state index is 6.07. The molecule has 2 N–H and O–H groups in total. The molecule has 0 bridgehead atoms. The Labute approximate surface area is 129 Å². The third-order valence-corrected chi connectivity index (χ3v) is 5.37. The van der Waals surface area contributed by atoms with Crippen LogP contribution in [0, 0.1) is 19.8 Å². The second kappa shape index (κ2) is 6.93. The molecule has 1 aliphatic rings. The Balaban J connectivity index is 2.23. The number of nitrogens with zero attached hydrogens (tertiary/aromatic N) is 3. The van der Waals surface area contributed by atoms with Crippen molar-refractivity contribution in [1.82, 2.24) is 14.7 Å². The molecule has 1 aromatic rings. The average Bonchev–Trinajstić information content (AvgIpc) is 2.80. The van der Waals surface area contributed by atoms with Crippen LogP contribution in [0.3, 0.4) is 0 Å². The van der Waals surface area contributed by atoms with Crippen molar-refractivity contribution in [3.05, 3.63) is 17.0 Å². The third-order valence-electron chi connectivity index (χ3n) is 5.37. The van der Waals surface area contributed by atoms with Gasteiger partial charge in [-0.1, -0.05) is 13.3 Å². The predicted molar refractivity (Wildman–Crippen MR) is 88.4 cm³/mol. The van der Waals surface area contributed by atoms with Crippen molar-refractivity contribution < 1.29 is 0 Å². The molecule has 3 atom stereocenters. The SMILES string of the molecule is CCC1CCN(C(C)c2c(C)nn(CC)c2C)C(CN)C1. The summed E-state index contributed by atoms with van der Waals surface area (Å²) < 4.78 is 2.12. The highest BCUT2D eigenvalue weighted by molar-refractivity contribution is 5.28. The third kappa shape index (κ3) is 3.16. The van der Waals surface area contributed by atoms with Crippen LogP contribution >= 0.6 is 0 Å². The molecule has 2 heterocycles. The van der Waals surface area contributed by atoms with Crippen molar-refractivity contribution in [2.24, 2.45) is 11.7 Å². The second-order valence-corrected chi connectivity index (χ2v) is 6.50. The van der Waals surface area contributed by atoms with E-state index in [2.05, 4.69) is 49.3 Å². The van der Waals surface area contributed by atoms with E-state index in [1.807, 2.05) is 0 Å². The Morgan fingerprint density at radius 1 is 1.33 bits per heavy atom. The Morgan fingerprint density at radius 2 is 2.05 bits per heavy atom. The summed E-state index contributed by atoms with van der Waals surface area (Å²) in [6, 6.07) is 0.930. The van der Waals surface area contributed by atoms with E-state index in [9.17, 15) is 0 Å². The quantitative estimate of drug-likeness (QED) is 0.907. The summed E-state index contributed by atoms with van der Waals surface area (Å²) in [5, 5.41) is 4.69. The fourth-order valence-corrected chi connectivity index (χ4v) is 4.05. The minimum atomic E-state index is 0.414. The number of piperidine rings is 1. The number of hydrogen-bond acceptors (Lipinski definition) is 3. The summed E-state index contributed by atoms with van der Waals surface area (Å²) in [6.45, 7) is 14.0. The normalized spacial score (nSPS) is 25.2. The first-order valence-corrected chi connectivity index (χ1v) is 8.53. The van der Waals surface area contributed by atoms with E-state index < -0.39 is 0 Å². The van der Waals surface area contributed by atoms with Gasteiger partial charge in [-0.15, -0.1) is 0 Å². The summed E-state index contributed by atoms with van der Waals surface area (Å²) in [5.41, 5.74) is 9.97. The molecule has 1 aromatic heterocycles. The summed E-state index contributed by atoms with van der Waals surface area (Å²) >= 11 is 0. The van der Waals surface area contributed by atoms with Crippen LogP contribution in [0.25, 0.3) is 0 Å². The van der Waals surface area contributed by atoms with Gasteiger partial charge in [0.15, 0.2) is 0 Å². The Kier molecular flexibility index (Phi) is 5.44. The number of likely N-dealkylation sites (tertiary alicyclic amines) is 1. The highest BCUT2D eigenvalue weighted by atomic mass is 15.3. The number of aromatic nitrogens is 2. The van der Waals surface area contributed by atoms with Crippen LogP contribution in [0.15, 0.2) is 0 Å². The van der Waals surface area contributed by atoms with E-state index in [1.165, 1.54) is 36.2 Å². The van der Waals surface area contributed by atoms with Crippen LogP contribution in [0.1, 0.15) is 63.0 Å². The molecule has 2 rings (SSSR count). The van der Waals surface area contributed by atoms with Gasteiger partial charge in [-0.3, -0.25) is 9.58 Å². The summed E-state index contributed by atoms with van der Waals surface area (Å²) in [4.78, 5) is 2.61. The lowest BCUT2D eigenvalue weighted by molar-refractivity contribution is 0.0767. The first kappa shape index (κ1) is 16.5. The maximum atomic E-state index is 6.07. The number of aryl methyl sites for hydroxylation is 2. The van der Waals surface area contributed by atoms with Crippen LogP contribution in [0.2, 0.25) is 0 Å². The van der Waals surface area contributed by atoms with Crippen LogP contribution in [-0.4, -0.2) is 33.8 Å².